The minimum absolute atomic E-state index is 0.107. The highest BCUT2D eigenvalue weighted by Crippen LogP contribution is 2.17. The third-order valence-corrected chi connectivity index (χ3v) is 1.30. The van der Waals surface area contributed by atoms with Crippen molar-refractivity contribution < 1.29 is 4.52 Å². The minimum atomic E-state index is -0.107. The predicted octanol–water partition coefficient (Wildman–Crippen LogP) is 0.660. The largest absolute Gasteiger partial charge is 0.333 e. The van der Waals surface area contributed by atoms with E-state index in [4.69, 9.17) is 10.4 Å². The molecule has 0 aliphatic rings. The Kier molecular flexibility index (Phi) is 2.12. The molecular weight excluding hydrogens is 156 g/mol. The van der Waals surface area contributed by atoms with Crippen LogP contribution < -0.4 is 5.84 Å². The summed E-state index contributed by atoms with van der Waals surface area (Å²) in [5.41, 5.74) is -0.107. The number of nitrogens with two attached hydrogens (primary N) is 1. The van der Waals surface area contributed by atoms with Crippen LogP contribution in [0.2, 0.25) is 0 Å². The summed E-state index contributed by atoms with van der Waals surface area (Å²) in [5.74, 6) is 5.91. The van der Waals surface area contributed by atoms with Gasteiger partial charge < -0.3 is 10.4 Å². The van der Waals surface area contributed by atoms with E-state index in [1.54, 1.807) is 0 Å². The molecule has 0 aliphatic heterocycles. The zero-order chi connectivity index (χ0) is 9.19. The Morgan fingerprint density at radius 1 is 1.50 bits per heavy atom. The van der Waals surface area contributed by atoms with Gasteiger partial charge in [-0.2, -0.15) is 10.1 Å². The molecule has 0 fully saturated rings. The lowest BCUT2D eigenvalue weighted by Gasteiger charge is -2.10. The van der Waals surface area contributed by atoms with Gasteiger partial charge in [0.15, 0.2) is 5.82 Å². The Labute approximate surface area is 70.6 Å². The van der Waals surface area contributed by atoms with Crippen molar-refractivity contribution in [2.45, 2.75) is 26.2 Å². The first-order valence-corrected chi connectivity index (χ1v) is 3.61. The lowest BCUT2D eigenvalue weighted by atomic mass is 9.96. The molecule has 0 radical (unpaired) electrons. The molecule has 2 N–H and O–H groups in total. The summed E-state index contributed by atoms with van der Waals surface area (Å²) in [6.45, 7) is 6.00. The number of aromatic nitrogens is 2. The maximum Gasteiger partial charge on any atom is 0.270 e. The predicted molar refractivity (Wildman–Crippen MR) is 44.8 cm³/mol. The van der Waals surface area contributed by atoms with Crippen LogP contribution in [0, 0.1) is 0 Å². The van der Waals surface area contributed by atoms with Gasteiger partial charge >= 0.3 is 0 Å². The fourth-order valence-corrected chi connectivity index (χ4v) is 0.656. The number of hydrogen-bond donors (Lipinski definition) is 1. The van der Waals surface area contributed by atoms with E-state index in [2.05, 4.69) is 15.2 Å². The molecule has 0 aliphatic carbocycles. The molecule has 1 aromatic heterocycles. The Hall–Kier alpha value is -1.39. The third kappa shape index (κ3) is 1.81. The monoisotopic (exact) mass is 168 g/mol. The van der Waals surface area contributed by atoms with Crippen molar-refractivity contribution in [2.75, 3.05) is 0 Å². The first kappa shape index (κ1) is 8.70. The van der Waals surface area contributed by atoms with E-state index in [-0.39, 0.29) is 5.41 Å². The number of rotatable bonds is 1. The van der Waals surface area contributed by atoms with Crippen molar-refractivity contribution in [3.05, 3.63) is 11.7 Å². The molecule has 66 valence electrons. The highest BCUT2D eigenvalue weighted by atomic mass is 16.5. The molecule has 1 rings (SSSR count). The Morgan fingerprint density at radius 3 is 2.58 bits per heavy atom. The van der Waals surface area contributed by atoms with Crippen LogP contribution in [0.3, 0.4) is 0 Å². The van der Waals surface area contributed by atoms with Crippen molar-refractivity contribution in [3.63, 3.8) is 0 Å². The zero-order valence-corrected chi connectivity index (χ0v) is 7.40. The van der Waals surface area contributed by atoms with Crippen LogP contribution in [0.1, 0.15) is 32.5 Å². The van der Waals surface area contributed by atoms with Gasteiger partial charge in [-0.15, -0.1) is 0 Å². The second-order valence-corrected chi connectivity index (χ2v) is 3.48. The highest BCUT2D eigenvalue weighted by Gasteiger charge is 2.20. The van der Waals surface area contributed by atoms with Crippen molar-refractivity contribution in [1.82, 2.24) is 10.1 Å². The topological polar surface area (TPSA) is 77.3 Å². The van der Waals surface area contributed by atoms with Gasteiger partial charge in [0.1, 0.15) is 6.21 Å². The van der Waals surface area contributed by atoms with Gasteiger partial charge in [-0.1, -0.05) is 25.9 Å². The van der Waals surface area contributed by atoms with Crippen molar-refractivity contribution >= 4 is 6.21 Å². The van der Waals surface area contributed by atoms with Crippen LogP contribution in [0.15, 0.2) is 9.62 Å². The smallest absolute Gasteiger partial charge is 0.270 e. The molecule has 12 heavy (non-hydrogen) atoms. The maximum atomic E-state index is 4.92. The van der Waals surface area contributed by atoms with E-state index < -0.39 is 0 Å². The van der Waals surface area contributed by atoms with Crippen LogP contribution in [-0.4, -0.2) is 16.4 Å². The van der Waals surface area contributed by atoms with Crippen LogP contribution in [0.4, 0.5) is 0 Å². The zero-order valence-electron chi connectivity index (χ0n) is 7.40. The Balaban J connectivity index is 2.92. The number of nitrogens with zero attached hydrogens (tertiary/aromatic N) is 3. The SMILES string of the molecule is CC(C)(C)c1noc(/C=N/N)n1. The summed E-state index contributed by atoms with van der Waals surface area (Å²) in [5, 5.41) is 7.05. The van der Waals surface area contributed by atoms with E-state index in [1.165, 1.54) is 6.21 Å². The van der Waals surface area contributed by atoms with E-state index in [1.807, 2.05) is 20.8 Å². The van der Waals surface area contributed by atoms with E-state index in [0.717, 1.165) is 0 Å². The fourth-order valence-electron chi connectivity index (χ4n) is 0.656. The second kappa shape index (κ2) is 2.92. The normalized spacial score (nSPS) is 12.6. The molecule has 0 saturated carbocycles. The third-order valence-electron chi connectivity index (χ3n) is 1.30. The molecule has 0 bridgehead atoms. The molecule has 0 saturated heterocycles. The van der Waals surface area contributed by atoms with Crippen LogP contribution >= 0.6 is 0 Å². The second-order valence-electron chi connectivity index (χ2n) is 3.48. The first-order chi connectivity index (χ1) is 5.54. The van der Waals surface area contributed by atoms with Crippen LogP contribution in [0.5, 0.6) is 0 Å². The van der Waals surface area contributed by atoms with Crippen molar-refractivity contribution in [2.24, 2.45) is 10.9 Å². The number of hydrazone groups is 1. The summed E-state index contributed by atoms with van der Waals surface area (Å²) in [6.07, 6.45) is 1.32. The average Bonchev–Trinajstić information content (AvgIpc) is 2.35. The van der Waals surface area contributed by atoms with Gasteiger partial charge in [-0.25, -0.2) is 0 Å². The Morgan fingerprint density at radius 2 is 2.17 bits per heavy atom. The maximum absolute atomic E-state index is 4.92. The fraction of sp³-hybridized carbons (Fsp3) is 0.571. The molecule has 1 aromatic rings. The average molecular weight is 168 g/mol. The van der Waals surface area contributed by atoms with E-state index >= 15 is 0 Å². The Bertz CT molecular complexity index is 284. The van der Waals surface area contributed by atoms with Gasteiger partial charge in [-0.05, 0) is 0 Å². The lowest BCUT2D eigenvalue weighted by Crippen LogP contribution is -2.13. The van der Waals surface area contributed by atoms with E-state index in [0.29, 0.717) is 11.7 Å². The summed E-state index contributed by atoms with van der Waals surface area (Å²) in [4.78, 5) is 4.06. The molecule has 5 nitrogen and oxygen atoms in total. The summed E-state index contributed by atoms with van der Waals surface area (Å²) >= 11 is 0. The highest BCUT2D eigenvalue weighted by molar-refractivity contribution is 5.72. The van der Waals surface area contributed by atoms with Crippen LogP contribution in [0.25, 0.3) is 0 Å². The molecule has 0 amide bonds. The van der Waals surface area contributed by atoms with Gasteiger partial charge in [0.25, 0.3) is 5.89 Å². The van der Waals surface area contributed by atoms with E-state index in [9.17, 15) is 0 Å². The van der Waals surface area contributed by atoms with Crippen LogP contribution in [-0.2, 0) is 5.41 Å². The molecule has 0 aromatic carbocycles. The quantitative estimate of drug-likeness (QED) is 0.379. The summed E-state index contributed by atoms with van der Waals surface area (Å²) in [6, 6.07) is 0. The standard InChI is InChI=1S/C7H12N4O/c1-7(2,3)6-10-5(4-9-8)12-11-6/h4H,8H2,1-3H3/b9-4+. The molecule has 1 heterocycles. The number of hydrogen-bond acceptors (Lipinski definition) is 5. The lowest BCUT2D eigenvalue weighted by molar-refractivity contribution is 0.389. The minimum Gasteiger partial charge on any atom is -0.333 e. The first-order valence-electron chi connectivity index (χ1n) is 3.61. The molecule has 0 atom stereocenters. The molecule has 0 unspecified atom stereocenters. The van der Waals surface area contributed by atoms with Gasteiger partial charge in [-0.3, -0.25) is 0 Å². The van der Waals surface area contributed by atoms with Crippen molar-refractivity contribution in [1.29, 1.82) is 0 Å². The molecule has 0 spiro atoms. The van der Waals surface area contributed by atoms with Gasteiger partial charge in [0.05, 0.1) is 0 Å². The van der Waals surface area contributed by atoms with Gasteiger partial charge in [0.2, 0.25) is 0 Å². The van der Waals surface area contributed by atoms with Crippen molar-refractivity contribution in [3.8, 4) is 0 Å². The molecular formula is C7H12N4O. The molecule has 5 heteroatoms. The summed E-state index contributed by atoms with van der Waals surface area (Å²) < 4.78 is 4.84. The van der Waals surface area contributed by atoms with Gasteiger partial charge in [0, 0.05) is 5.41 Å². The summed E-state index contributed by atoms with van der Waals surface area (Å²) in [7, 11) is 0.